The molecule has 1 aromatic carbocycles. The van der Waals surface area contributed by atoms with Crippen LogP contribution in [0.25, 0.3) is 0 Å². The molecule has 1 atom stereocenters. The Morgan fingerprint density at radius 2 is 1.95 bits per heavy atom. The summed E-state index contributed by atoms with van der Waals surface area (Å²) in [5.74, 6) is -0.997. The minimum absolute atomic E-state index is 0.0770. The van der Waals surface area contributed by atoms with Gasteiger partial charge in [-0.25, -0.2) is 0 Å². The van der Waals surface area contributed by atoms with Crippen LogP contribution in [0.4, 0.5) is 0 Å². The van der Waals surface area contributed by atoms with Gasteiger partial charge in [-0.2, -0.15) is 5.21 Å². The zero-order chi connectivity index (χ0) is 16.1. The van der Waals surface area contributed by atoms with Gasteiger partial charge in [-0.15, -0.1) is 10.2 Å². The summed E-state index contributed by atoms with van der Waals surface area (Å²) in [7, 11) is 3.38. The molecule has 2 N–H and O–H groups in total. The Kier molecular flexibility index (Phi) is 4.82. The van der Waals surface area contributed by atoms with Crippen LogP contribution in [0.2, 0.25) is 0 Å². The highest BCUT2D eigenvalue weighted by molar-refractivity contribution is 5.93. The first-order valence-electron chi connectivity index (χ1n) is 6.73. The quantitative estimate of drug-likeness (QED) is 0.812. The van der Waals surface area contributed by atoms with E-state index >= 15 is 0 Å². The van der Waals surface area contributed by atoms with Crippen LogP contribution in [0.15, 0.2) is 24.3 Å². The number of carboxylic acids is 1. The third kappa shape index (κ3) is 3.87. The lowest BCUT2D eigenvalue weighted by atomic mass is 9.95. The van der Waals surface area contributed by atoms with Gasteiger partial charge in [0.2, 0.25) is 0 Å². The fourth-order valence-electron chi connectivity index (χ4n) is 2.13. The predicted molar refractivity (Wildman–Crippen MR) is 77.3 cm³/mol. The number of nitrogens with zero attached hydrogens (tertiary/aromatic N) is 4. The van der Waals surface area contributed by atoms with Crippen LogP contribution in [0, 0.1) is 0 Å². The number of amides is 1. The van der Waals surface area contributed by atoms with E-state index in [4.69, 9.17) is 5.11 Å². The van der Waals surface area contributed by atoms with Crippen molar-refractivity contribution >= 4 is 11.9 Å². The largest absolute Gasteiger partial charge is 0.481 e. The van der Waals surface area contributed by atoms with Gasteiger partial charge in [-0.3, -0.25) is 9.59 Å². The van der Waals surface area contributed by atoms with Crippen LogP contribution in [0.3, 0.4) is 0 Å². The molecule has 0 radical (unpaired) electrons. The maximum atomic E-state index is 11.8. The summed E-state index contributed by atoms with van der Waals surface area (Å²) >= 11 is 0. The van der Waals surface area contributed by atoms with Crippen LogP contribution in [-0.4, -0.2) is 56.6 Å². The number of carbonyl (C=O) groups excluding carboxylic acids is 1. The lowest BCUT2D eigenvalue weighted by molar-refractivity contribution is -0.137. The predicted octanol–water partition coefficient (Wildman–Crippen LogP) is 0.702. The molecule has 0 spiro atoms. The number of carbonyl (C=O) groups is 2. The van der Waals surface area contributed by atoms with Crippen molar-refractivity contribution in [3.05, 3.63) is 41.2 Å². The monoisotopic (exact) mass is 303 g/mol. The molecular weight excluding hydrogens is 286 g/mol. The third-order valence-corrected chi connectivity index (χ3v) is 3.24. The van der Waals surface area contributed by atoms with Gasteiger partial charge < -0.3 is 10.0 Å². The smallest absolute Gasteiger partial charge is 0.304 e. The molecule has 1 aromatic heterocycles. The second kappa shape index (κ2) is 6.79. The number of hydrogen-bond acceptors (Lipinski definition) is 5. The molecule has 0 saturated carbocycles. The Morgan fingerprint density at radius 1 is 1.27 bits per heavy atom. The maximum Gasteiger partial charge on any atom is 0.304 e. The number of aromatic nitrogens is 4. The van der Waals surface area contributed by atoms with E-state index in [-0.39, 0.29) is 18.2 Å². The average Bonchev–Trinajstić information content (AvgIpc) is 3.00. The summed E-state index contributed by atoms with van der Waals surface area (Å²) < 4.78 is 0. The first kappa shape index (κ1) is 15.6. The minimum Gasteiger partial charge on any atom is -0.481 e. The molecule has 1 heterocycles. The van der Waals surface area contributed by atoms with Gasteiger partial charge >= 0.3 is 5.97 Å². The number of tetrazole rings is 1. The van der Waals surface area contributed by atoms with Gasteiger partial charge in [-0.1, -0.05) is 17.3 Å². The summed E-state index contributed by atoms with van der Waals surface area (Å²) in [5.41, 5.74) is 1.49. The van der Waals surface area contributed by atoms with Gasteiger partial charge in [-0.05, 0) is 24.1 Å². The van der Waals surface area contributed by atoms with Crippen LogP contribution in [-0.2, 0) is 11.2 Å². The van der Waals surface area contributed by atoms with Crippen molar-refractivity contribution in [2.24, 2.45) is 0 Å². The second-order valence-electron chi connectivity index (χ2n) is 5.17. The first-order chi connectivity index (χ1) is 10.5. The zero-order valence-corrected chi connectivity index (χ0v) is 12.4. The van der Waals surface area contributed by atoms with Crippen molar-refractivity contribution < 1.29 is 14.7 Å². The molecule has 0 aliphatic rings. The number of hydrogen-bond donors (Lipinski definition) is 2. The molecule has 8 nitrogen and oxygen atoms in total. The van der Waals surface area contributed by atoms with Crippen molar-refractivity contribution in [2.45, 2.75) is 18.8 Å². The van der Waals surface area contributed by atoms with E-state index in [0.29, 0.717) is 17.8 Å². The molecule has 0 aliphatic heterocycles. The van der Waals surface area contributed by atoms with Crippen LogP contribution in [0.5, 0.6) is 0 Å². The second-order valence-corrected chi connectivity index (χ2v) is 5.17. The first-order valence-corrected chi connectivity index (χ1v) is 6.73. The van der Waals surface area contributed by atoms with Crippen molar-refractivity contribution in [1.82, 2.24) is 25.5 Å². The van der Waals surface area contributed by atoms with Gasteiger partial charge in [0.15, 0.2) is 5.82 Å². The summed E-state index contributed by atoms with van der Waals surface area (Å²) in [5, 5.41) is 22.5. The molecule has 0 unspecified atom stereocenters. The fraction of sp³-hybridized carbons (Fsp3) is 0.357. The van der Waals surface area contributed by atoms with Crippen LogP contribution < -0.4 is 0 Å². The molecule has 8 heteroatoms. The van der Waals surface area contributed by atoms with E-state index < -0.39 is 5.97 Å². The topological polar surface area (TPSA) is 112 Å². The SMILES string of the molecule is CN(C)C(=O)c1ccc(C[C@@H](CC(=O)O)c2nn[nH]n2)cc1. The molecular formula is C14H17N5O3. The normalized spacial score (nSPS) is 11.9. The van der Waals surface area contributed by atoms with Gasteiger partial charge in [0.1, 0.15) is 0 Å². The zero-order valence-electron chi connectivity index (χ0n) is 12.4. The minimum atomic E-state index is -0.922. The van der Waals surface area contributed by atoms with Gasteiger partial charge in [0, 0.05) is 25.6 Å². The number of aliphatic carboxylic acids is 1. The Balaban J connectivity index is 2.13. The standard InChI is InChI=1S/C14H17N5O3/c1-19(2)14(22)10-5-3-9(4-6-10)7-11(8-12(20)21)13-15-17-18-16-13/h3-6,11H,7-8H2,1-2H3,(H,20,21)(H,15,16,17,18)/t11-/m0/s1. The Bertz CT molecular complexity index is 637. The van der Waals surface area contributed by atoms with Crippen molar-refractivity contribution in [2.75, 3.05) is 14.1 Å². The lowest BCUT2D eigenvalue weighted by Gasteiger charge is -2.13. The maximum absolute atomic E-state index is 11.8. The van der Waals surface area contributed by atoms with Crippen molar-refractivity contribution in [3.8, 4) is 0 Å². The third-order valence-electron chi connectivity index (χ3n) is 3.24. The van der Waals surface area contributed by atoms with Crippen LogP contribution in [0.1, 0.15) is 34.1 Å². The highest BCUT2D eigenvalue weighted by Crippen LogP contribution is 2.21. The van der Waals surface area contributed by atoms with E-state index in [1.807, 2.05) is 12.1 Å². The number of rotatable bonds is 6. The van der Waals surface area contributed by atoms with Crippen molar-refractivity contribution in [3.63, 3.8) is 0 Å². The molecule has 2 rings (SSSR count). The highest BCUT2D eigenvalue weighted by atomic mass is 16.4. The van der Waals surface area contributed by atoms with Gasteiger partial charge in [0.05, 0.1) is 6.42 Å². The molecule has 0 bridgehead atoms. The average molecular weight is 303 g/mol. The Hall–Kier alpha value is -2.77. The molecule has 0 fully saturated rings. The molecule has 0 aliphatic carbocycles. The molecule has 0 saturated heterocycles. The Morgan fingerprint density at radius 3 is 2.45 bits per heavy atom. The number of carboxylic acid groups (broad SMARTS) is 1. The number of H-pyrrole nitrogens is 1. The summed E-state index contributed by atoms with van der Waals surface area (Å²) in [4.78, 5) is 24.3. The summed E-state index contributed by atoms with van der Waals surface area (Å²) in [6.07, 6.45) is 0.375. The van der Waals surface area contributed by atoms with Crippen LogP contribution >= 0.6 is 0 Å². The number of aromatic amines is 1. The number of nitrogens with one attached hydrogen (secondary N) is 1. The molecule has 22 heavy (non-hydrogen) atoms. The fourth-order valence-corrected chi connectivity index (χ4v) is 2.13. The van der Waals surface area contributed by atoms with Gasteiger partial charge in [0.25, 0.3) is 5.91 Å². The van der Waals surface area contributed by atoms with E-state index in [2.05, 4.69) is 20.6 Å². The Labute approximate surface area is 127 Å². The highest BCUT2D eigenvalue weighted by Gasteiger charge is 2.20. The van der Waals surface area contributed by atoms with E-state index in [1.54, 1.807) is 26.2 Å². The molecule has 1 amide bonds. The molecule has 116 valence electrons. The van der Waals surface area contributed by atoms with E-state index in [9.17, 15) is 9.59 Å². The van der Waals surface area contributed by atoms with E-state index in [0.717, 1.165) is 5.56 Å². The lowest BCUT2D eigenvalue weighted by Crippen LogP contribution is -2.21. The summed E-state index contributed by atoms with van der Waals surface area (Å²) in [6.45, 7) is 0. The molecule has 2 aromatic rings. The van der Waals surface area contributed by atoms with Crippen molar-refractivity contribution in [1.29, 1.82) is 0 Å². The summed E-state index contributed by atoms with van der Waals surface area (Å²) in [6, 6.07) is 7.08. The van der Waals surface area contributed by atoms with E-state index in [1.165, 1.54) is 4.90 Å². The number of benzene rings is 1.